The SMILES string of the molecule is CCc1cnc(CNC(=O)c2c[nH]c3cc(N)ccc23)s1. The Morgan fingerprint density at radius 2 is 2.33 bits per heavy atom. The lowest BCUT2D eigenvalue weighted by Gasteiger charge is -2.02. The van der Waals surface area contributed by atoms with Crippen molar-refractivity contribution in [3.05, 3.63) is 46.0 Å². The van der Waals surface area contributed by atoms with Crippen molar-refractivity contribution in [2.45, 2.75) is 19.9 Å². The molecule has 6 heteroatoms. The molecule has 4 N–H and O–H groups in total. The summed E-state index contributed by atoms with van der Waals surface area (Å²) in [5, 5.41) is 4.69. The molecule has 0 aliphatic heterocycles. The number of hydrogen-bond acceptors (Lipinski definition) is 4. The summed E-state index contributed by atoms with van der Waals surface area (Å²) < 4.78 is 0. The number of H-pyrrole nitrogens is 1. The molecule has 108 valence electrons. The quantitative estimate of drug-likeness (QED) is 0.648. The van der Waals surface area contributed by atoms with Crippen LogP contribution in [0.3, 0.4) is 0 Å². The molecule has 0 radical (unpaired) electrons. The van der Waals surface area contributed by atoms with Crippen LogP contribution in [0.25, 0.3) is 10.9 Å². The lowest BCUT2D eigenvalue weighted by atomic mass is 10.1. The van der Waals surface area contributed by atoms with Crippen molar-refractivity contribution in [1.82, 2.24) is 15.3 Å². The van der Waals surface area contributed by atoms with Gasteiger partial charge in [0.25, 0.3) is 5.91 Å². The Morgan fingerprint density at radius 1 is 1.48 bits per heavy atom. The zero-order chi connectivity index (χ0) is 14.8. The number of nitrogens with zero attached hydrogens (tertiary/aromatic N) is 1. The third-order valence-corrected chi connectivity index (χ3v) is 4.44. The molecule has 0 atom stereocenters. The largest absolute Gasteiger partial charge is 0.399 e. The Bertz CT molecular complexity index is 790. The van der Waals surface area contributed by atoms with Gasteiger partial charge in [0.05, 0.1) is 12.1 Å². The summed E-state index contributed by atoms with van der Waals surface area (Å²) in [5.41, 5.74) is 7.89. The van der Waals surface area contributed by atoms with Crippen LogP contribution >= 0.6 is 11.3 Å². The maximum Gasteiger partial charge on any atom is 0.253 e. The highest BCUT2D eigenvalue weighted by molar-refractivity contribution is 7.11. The van der Waals surface area contributed by atoms with Gasteiger partial charge in [-0.1, -0.05) is 6.92 Å². The van der Waals surface area contributed by atoms with Crippen molar-refractivity contribution in [2.75, 3.05) is 5.73 Å². The number of thiazole rings is 1. The second kappa shape index (κ2) is 5.57. The number of aromatic nitrogens is 2. The maximum absolute atomic E-state index is 12.3. The van der Waals surface area contributed by atoms with Gasteiger partial charge in [0.1, 0.15) is 5.01 Å². The Kier molecular flexibility index (Phi) is 3.62. The number of aryl methyl sites for hydroxylation is 1. The normalized spacial score (nSPS) is 10.9. The van der Waals surface area contributed by atoms with E-state index in [-0.39, 0.29) is 5.91 Å². The van der Waals surface area contributed by atoms with Gasteiger partial charge in [-0.3, -0.25) is 4.79 Å². The molecule has 2 heterocycles. The smallest absolute Gasteiger partial charge is 0.253 e. The third kappa shape index (κ3) is 2.75. The van der Waals surface area contributed by atoms with Gasteiger partial charge in [-0.05, 0) is 24.6 Å². The van der Waals surface area contributed by atoms with Gasteiger partial charge >= 0.3 is 0 Å². The molecule has 0 saturated heterocycles. The molecular weight excluding hydrogens is 284 g/mol. The van der Waals surface area contributed by atoms with Gasteiger partial charge in [-0.15, -0.1) is 11.3 Å². The van der Waals surface area contributed by atoms with Crippen LogP contribution in [0.5, 0.6) is 0 Å². The van der Waals surface area contributed by atoms with Crippen LogP contribution in [0.1, 0.15) is 27.2 Å². The van der Waals surface area contributed by atoms with Crippen molar-refractivity contribution in [1.29, 1.82) is 0 Å². The van der Waals surface area contributed by atoms with Gasteiger partial charge < -0.3 is 16.0 Å². The first-order valence-electron chi connectivity index (χ1n) is 6.75. The van der Waals surface area contributed by atoms with Gasteiger partial charge in [-0.2, -0.15) is 0 Å². The minimum absolute atomic E-state index is 0.112. The topological polar surface area (TPSA) is 83.8 Å². The number of amides is 1. The highest BCUT2D eigenvalue weighted by atomic mass is 32.1. The zero-order valence-corrected chi connectivity index (χ0v) is 12.5. The zero-order valence-electron chi connectivity index (χ0n) is 11.6. The highest BCUT2D eigenvalue weighted by Gasteiger charge is 2.12. The molecule has 1 amide bonds. The number of nitrogens with two attached hydrogens (primary N) is 1. The number of aromatic amines is 1. The molecule has 0 bridgehead atoms. The lowest BCUT2D eigenvalue weighted by molar-refractivity contribution is 0.0952. The average Bonchev–Trinajstić information content (AvgIpc) is 3.10. The number of carbonyl (C=O) groups is 1. The number of carbonyl (C=O) groups excluding carboxylic acids is 1. The summed E-state index contributed by atoms with van der Waals surface area (Å²) in [5.74, 6) is -0.112. The molecule has 21 heavy (non-hydrogen) atoms. The summed E-state index contributed by atoms with van der Waals surface area (Å²) in [6.45, 7) is 2.54. The Hall–Kier alpha value is -2.34. The standard InChI is InChI=1S/C15H16N4OS/c1-2-10-6-18-14(21-10)8-19-15(20)12-7-17-13-5-9(16)3-4-11(12)13/h3-7,17H,2,8,16H2,1H3,(H,19,20). The van der Waals surface area contributed by atoms with Crippen molar-refractivity contribution < 1.29 is 4.79 Å². The lowest BCUT2D eigenvalue weighted by Crippen LogP contribution is -2.22. The number of nitrogens with one attached hydrogen (secondary N) is 2. The van der Waals surface area contributed by atoms with E-state index in [1.54, 1.807) is 23.6 Å². The molecule has 2 aromatic heterocycles. The van der Waals surface area contributed by atoms with Crippen LogP contribution < -0.4 is 11.1 Å². The fraction of sp³-hybridized carbons (Fsp3) is 0.200. The monoisotopic (exact) mass is 300 g/mol. The summed E-state index contributed by atoms with van der Waals surface area (Å²) in [4.78, 5) is 20.9. The molecular formula is C15H16N4OS. The maximum atomic E-state index is 12.3. The predicted octanol–water partition coefficient (Wildman–Crippen LogP) is 2.70. The highest BCUT2D eigenvalue weighted by Crippen LogP contribution is 2.21. The molecule has 1 aromatic carbocycles. The Balaban J connectivity index is 1.74. The van der Waals surface area contributed by atoms with Crippen LogP contribution in [0, 0.1) is 0 Å². The molecule has 0 aliphatic carbocycles. The van der Waals surface area contributed by atoms with E-state index < -0.39 is 0 Å². The molecule has 0 saturated carbocycles. The second-order valence-corrected chi connectivity index (χ2v) is 5.96. The summed E-state index contributed by atoms with van der Waals surface area (Å²) in [6, 6.07) is 5.47. The molecule has 3 aromatic rings. The fourth-order valence-corrected chi connectivity index (χ4v) is 2.98. The number of hydrogen-bond donors (Lipinski definition) is 3. The van der Waals surface area contributed by atoms with Crippen LogP contribution in [-0.2, 0) is 13.0 Å². The van der Waals surface area contributed by atoms with Gasteiger partial charge in [0.15, 0.2) is 0 Å². The van der Waals surface area contributed by atoms with E-state index in [9.17, 15) is 4.79 Å². The number of anilines is 1. The molecule has 0 spiro atoms. The second-order valence-electron chi connectivity index (χ2n) is 4.76. The summed E-state index contributed by atoms with van der Waals surface area (Å²) in [7, 11) is 0. The minimum atomic E-state index is -0.112. The molecule has 0 aliphatic rings. The van der Waals surface area contributed by atoms with Crippen molar-refractivity contribution in [3.8, 4) is 0 Å². The first-order valence-corrected chi connectivity index (χ1v) is 7.57. The van der Waals surface area contributed by atoms with Crippen molar-refractivity contribution >= 4 is 33.8 Å². The number of benzene rings is 1. The van der Waals surface area contributed by atoms with E-state index in [4.69, 9.17) is 5.73 Å². The van der Waals surface area contributed by atoms with Crippen LogP contribution in [0.15, 0.2) is 30.6 Å². The predicted molar refractivity (Wildman–Crippen MR) is 85.4 cm³/mol. The molecule has 0 fully saturated rings. The first-order chi connectivity index (χ1) is 10.2. The minimum Gasteiger partial charge on any atom is -0.399 e. The summed E-state index contributed by atoms with van der Waals surface area (Å²) in [6.07, 6.45) is 4.54. The van der Waals surface area contributed by atoms with E-state index in [1.165, 1.54) is 4.88 Å². The van der Waals surface area contributed by atoms with E-state index in [0.29, 0.717) is 17.8 Å². The molecule has 3 rings (SSSR count). The van der Waals surface area contributed by atoms with Gasteiger partial charge in [-0.25, -0.2) is 4.98 Å². The van der Waals surface area contributed by atoms with Gasteiger partial charge in [0, 0.05) is 33.9 Å². The summed E-state index contributed by atoms with van der Waals surface area (Å²) >= 11 is 1.63. The number of nitrogen functional groups attached to an aromatic ring is 1. The van der Waals surface area contributed by atoms with Crippen molar-refractivity contribution in [3.63, 3.8) is 0 Å². The van der Waals surface area contributed by atoms with Crippen molar-refractivity contribution in [2.24, 2.45) is 0 Å². The Labute approximate surface area is 126 Å². The van der Waals surface area contributed by atoms with E-state index in [0.717, 1.165) is 22.3 Å². The number of rotatable bonds is 4. The fourth-order valence-electron chi connectivity index (χ4n) is 2.18. The van der Waals surface area contributed by atoms with E-state index in [2.05, 4.69) is 22.2 Å². The molecule has 0 unspecified atom stereocenters. The van der Waals surface area contributed by atoms with E-state index >= 15 is 0 Å². The number of fused-ring (bicyclic) bond motifs is 1. The molecule has 5 nitrogen and oxygen atoms in total. The van der Waals surface area contributed by atoms with Gasteiger partial charge in [0.2, 0.25) is 0 Å². The third-order valence-electron chi connectivity index (χ3n) is 3.30. The van der Waals surface area contributed by atoms with Crippen LogP contribution in [0.4, 0.5) is 5.69 Å². The Morgan fingerprint density at radius 3 is 3.10 bits per heavy atom. The first kappa shape index (κ1) is 13.6. The average molecular weight is 300 g/mol. The van der Waals surface area contributed by atoms with Crippen LogP contribution in [0.2, 0.25) is 0 Å². The van der Waals surface area contributed by atoms with E-state index in [1.807, 2.05) is 18.3 Å². The van der Waals surface area contributed by atoms with Crippen LogP contribution in [-0.4, -0.2) is 15.9 Å².